The summed E-state index contributed by atoms with van der Waals surface area (Å²) in [6.45, 7) is 4.34. The van der Waals surface area contributed by atoms with Gasteiger partial charge in [0.1, 0.15) is 5.60 Å². The molecule has 1 amide bonds. The number of pyridine rings is 1. The predicted octanol–water partition coefficient (Wildman–Crippen LogP) is 1.88. The second kappa shape index (κ2) is 7.85. The van der Waals surface area contributed by atoms with Gasteiger partial charge in [-0.05, 0) is 43.7 Å². The first-order valence-electron chi connectivity index (χ1n) is 8.58. The number of ether oxygens (including phenoxy) is 1. The second-order valence-corrected chi connectivity index (χ2v) is 8.01. The van der Waals surface area contributed by atoms with Gasteiger partial charge < -0.3 is 14.5 Å². The van der Waals surface area contributed by atoms with E-state index >= 15 is 0 Å². The van der Waals surface area contributed by atoms with Crippen molar-refractivity contribution in [3.05, 3.63) is 30.1 Å². The lowest BCUT2D eigenvalue weighted by molar-refractivity contribution is -0.188. The molecule has 2 fully saturated rings. The van der Waals surface area contributed by atoms with Crippen LogP contribution in [-0.4, -0.2) is 71.6 Å². The van der Waals surface area contributed by atoms with Gasteiger partial charge >= 0.3 is 0 Å². The van der Waals surface area contributed by atoms with Crippen LogP contribution in [-0.2, 0) is 16.1 Å². The molecule has 0 aliphatic carbocycles. The maximum absolute atomic E-state index is 11.9. The standard InChI is InChI=1S/C18H27N3O2S/c1-20(9-15-4-3-7-19-8-15)10-16-5-6-18(23-11-16)13-21(14-18)17(22)12-24-2/h3-4,7-8,16H,5-6,9-14H2,1-2H3/t16-/m1/s1. The Bertz CT molecular complexity index is 538. The van der Waals surface area contributed by atoms with Gasteiger partial charge in [-0.1, -0.05) is 6.07 Å². The van der Waals surface area contributed by atoms with Gasteiger partial charge in [0.15, 0.2) is 0 Å². The quantitative estimate of drug-likeness (QED) is 0.785. The van der Waals surface area contributed by atoms with E-state index in [2.05, 4.69) is 23.0 Å². The molecule has 132 valence electrons. The lowest BCUT2D eigenvalue weighted by atomic mass is 9.83. The molecular weight excluding hydrogens is 322 g/mol. The Hall–Kier alpha value is -1.11. The van der Waals surface area contributed by atoms with Gasteiger partial charge in [0, 0.05) is 25.5 Å². The number of likely N-dealkylation sites (tertiary alicyclic amines) is 1. The van der Waals surface area contributed by atoms with Crippen molar-refractivity contribution in [1.82, 2.24) is 14.8 Å². The lowest BCUT2D eigenvalue weighted by Crippen LogP contribution is -2.66. The molecule has 3 heterocycles. The molecule has 24 heavy (non-hydrogen) atoms. The number of thioether (sulfide) groups is 1. The summed E-state index contributed by atoms with van der Waals surface area (Å²) in [5.74, 6) is 1.40. The average Bonchev–Trinajstić information content (AvgIpc) is 2.54. The molecule has 0 saturated carbocycles. The van der Waals surface area contributed by atoms with E-state index in [1.165, 1.54) is 12.0 Å². The molecule has 3 rings (SSSR count). The monoisotopic (exact) mass is 349 g/mol. The number of rotatable bonds is 6. The highest BCUT2D eigenvalue weighted by molar-refractivity contribution is 7.99. The van der Waals surface area contributed by atoms with Crippen LogP contribution in [0.15, 0.2) is 24.5 Å². The Kier molecular flexibility index (Phi) is 5.79. The van der Waals surface area contributed by atoms with Crippen LogP contribution < -0.4 is 0 Å². The summed E-state index contributed by atoms with van der Waals surface area (Å²) in [5.41, 5.74) is 1.20. The fourth-order valence-corrected chi connectivity index (χ4v) is 4.09. The van der Waals surface area contributed by atoms with E-state index in [0.29, 0.717) is 11.7 Å². The second-order valence-electron chi connectivity index (χ2n) is 7.14. The summed E-state index contributed by atoms with van der Waals surface area (Å²) >= 11 is 1.59. The molecule has 1 aromatic rings. The van der Waals surface area contributed by atoms with Gasteiger partial charge in [0.25, 0.3) is 0 Å². The van der Waals surface area contributed by atoms with Crippen molar-refractivity contribution in [2.75, 3.05) is 45.3 Å². The van der Waals surface area contributed by atoms with E-state index in [4.69, 9.17) is 4.74 Å². The van der Waals surface area contributed by atoms with Crippen LogP contribution in [0, 0.1) is 5.92 Å². The summed E-state index contributed by atoms with van der Waals surface area (Å²) in [7, 11) is 2.16. The van der Waals surface area contributed by atoms with Crippen molar-refractivity contribution >= 4 is 17.7 Å². The summed E-state index contributed by atoms with van der Waals surface area (Å²) < 4.78 is 6.18. The Morgan fingerprint density at radius 1 is 1.54 bits per heavy atom. The molecule has 5 nitrogen and oxygen atoms in total. The normalized spacial score (nSPS) is 22.6. The Morgan fingerprint density at radius 2 is 2.38 bits per heavy atom. The van der Waals surface area contributed by atoms with Crippen LogP contribution in [0.1, 0.15) is 18.4 Å². The smallest absolute Gasteiger partial charge is 0.232 e. The van der Waals surface area contributed by atoms with Crippen LogP contribution in [0.25, 0.3) is 0 Å². The number of aromatic nitrogens is 1. The fraction of sp³-hybridized carbons (Fsp3) is 0.667. The molecule has 2 aliphatic rings. The molecule has 0 radical (unpaired) electrons. The van der Waals surface area contributed by atoms with Gasteiger partial charge in [0.2, 0.25) is 5.91 Å². The minimum atomic E-state index is -0.0491. The fourth-order valence-electron chi connectivity index (χ4n) is 3.66. The predicted molar refractivity (Wildman–Crippen MR) is 96.9 cm³/mol. The van der Waals surface area contributed by atoms with E-state index < -0.39 is 0 Å². The third-order valence-electron chi connectivity index (χ3n) is 4.96. The SMILES string of the molecule is CSCC(=O)N1CC2(CC[C@H](CN(C)Cc3cccnc3)CO2)C1. The van der Waals surface area contributed by atoms with Crippen molar-refractivity contribution in [1.29, 1.82) is 0 Å². The highest BCUT2D eigenvalue weighted by Gasteiger charge is 2.48. The molecule has 0 N–H and O–H groups in total. The zero-order chi connectivity index (χ0) is 17.0. The van der Waals surface area contributed by atoms with Crippen molar-refractivity contribution in [2.45, 2.75) is 25.0 Å². The Balaban J connectivity index is 1.39. The van der Waals surface area contributed by atoms with Crippen molar-refractivity contribution in [3.8, 4) is 0 Å². The molecule has 0 unspecified atom stereocenters. The Labute approximate surface area is 148 Å². The average molecular weight is 350 g/mol. The van der Waals surface area contributed by atoms with E-state index in [1.54, 1.807) is 11.8 Å². The molecule has 2 saturated heterocycles. The van der Waals surface area contributed by atoms with Crippen LogP contribution in [0.4, 0.5) is 0 Å². The van der Waals surface area contributed by atoms with Crippen LogP contribution in [0.5, 0.6) is 0 Å². The van der Waals surface area contributed by atoms with Gasteiger partial charge in [-0.2, -0.15) is 11.8 Å². The number of carbonyl (C=O) groups is 1. The van der Waals surface area contributed by atoms with E-state index in [9.17, 15) is 4.79 Å². The largest absolute Gasteiger partial charge is 0.371 e. The maximum Gasteiger partial charge on any atom is 0.232 e. The molecule has 1 aromatic heterocycles. The number of amides is 1. The van der Waals surface area contributed by atoms with Crippen LogP contribution in [0.2, 0.25) is 0 Å². The summed E-state index contributed by atoms with van der Waals surface area (Å²) in [6.07, 6.45) is 7.96. The van der Waals surface area contributed by atoms with Crippen LogP contribution >= 0.6 is 11.8 Å². The minimum Gasteiger partial charge on any atom is -0.371 e. The first-order valence-corrected chi connectivity index (χ1v) is 9.98. The third kappa shape index (κ3) is 4.29. The summed E-state index contributed by atoms with van der Waals surface area (Å²) in [6, 6.07) is 4.10. The molecule has 0 aromatic carbocycles. The third-order valence-corrected chi connectivity index (χ3v) is 5.49. The number of hydrogen-bond acceptors (Lipinski definition) is 5. The topological polar surface area (TPSA) is 45.7 Å². The maximum atomic E-state index is 11.9. The van der Waals surface area contributed by atoms with Crippen LogP contribution in [0.3, 0.4) is 0 Å². The molecule has 2 aliphatic heterocycles. The Morgan fingerprint density at radius 3 is 3.00 bits per heavy atom. The number of hydrogen-bond donors (Lipinski definition) is 0. The molecular formula is C18H27N3O2S. The van der Waals surface area contributed by atoms with Gasteiger partial charge in [-0.3, -0.25) is 9.78 Å². The number of carbonyl (C=O) groups excluding carboxylic acids is 1. The van der Waals surface area contributed by atoms with E-state index in [1.807, 2.05) is 29.6 Å². The zero-order valence-corrected chi connectivity index (χ0v) is 15.4. The van der Waals surface area contributed by atoms with E-state index in [0.717, 1.165) is 39.2 Å². The van der Waals surface area contributed by atoms with Crippen molar-refractivity contribution in [3.63, 3.8) is 0 Å². The first-order chi connectivity index (χ1) is 11.6. The van der Waals surface area contributed by atoms with Crippen molar-refractivity contribution < 1.29 is 9.53 Å². The zero-order valence-electron chi connectivity index (χ0n) is 14.6. The molecule has 1 atom stereocenters. The molecule has 6 heteroatoms. The highest BCUT2D eigenvalue weighted by Crippen LogP contribution is 2.36. The summed E-state index contributed by atoms with van der Waals surface area (Å²) in [4.78, 5) is 20.3. The minimum absolute atomic E-state index is 0.0491. The van der Waals surface area contributed by atoms with Gasteiger partial charge in [-0.15, -0.1) is 0 Å². The van der Waals surface area contributed by atoms with E-state index in [-0.39, 0.29) is 11.5 Å². The van der Waals surface area contributed by atoms with Gasteiger partial charge in [-0.25, -0.2) is 0 Å². The number of nitrogens with zero attached hydrogens (tertiary/aromatic N) is 3. The lowest BCUT2D eigenvalue weighted by Gasteiger charge is -2.53. The van der Waals surface area contributed by atoms with Gasteiger partial charge in [0.05, 0.1) is 25.4 Å². The highest BCUT2D eigenvalue weighted by atomic mass is 32.2. The summed E-state index contributed by atoms with van der Waals surface area (Å²) in [5, 5.41) is 0. The van der Waals surface area contributed by atoms with Crippen molar-refractivity contribution in [2.24, 2.45) is 5.92 Å². The first kappa shape index (κ1) is 17.7. The molecule has 1 spiro atoms. The molecule has 0 bridgehead atoms.